The van der Waals surface area contributed by atoms with Crippen LogP contribution in [-0.2, 0) is 0 Å². The van der Waals surface area contributed by atoms with E-state index >= 15 is 0 Å². The van der Waals surface area contributed by atoms with E-state index in [0.717, 1.165) is 0 Å². The third-order valence-corrected chi connectivity index (χ3v) is 2.08. The molecule has 0 atom stereocenters. The summed E-state index contributed by atoms with van der Waals surface area (Å²) in [6.07, 6.45) is 0.668. The minimum absolute atomic E-state index is 0.372. The van der Waals surface area contributed by atoms with Crippen LogP contribution in [0.25, 0.3) is 0 Å². The number of aldehydes is 1. The van der Waals surface area contributed by atoms with E-state index in [1.807, 2.05) is 0 Å². The van der Waals surface area contributed by atoms with Gasteiger partial charge in [-0.05, 0) is 28.1 Å². The van der Waals surface area contributed by atoms with Crippen LogP contribution < -0.4 is 0 Å². The summed E-state index contributed by atoms with van der Waals surface area (Å²) in [5.74, 6) is 0. The Morgan fingerprint density at radius 1 is 1.60 bits per heavy atom. The fourth-order valence-corrected chi connectivity index (χ4v) is 0.939. The molecule has 0 saturated heterocycles. The van der Waals surface area contributed by atoms with Gasteiger partial charge in [0.1, 0.15) is 10.3 Å². The van der Waals surface area contributed by atoms with E-state index < -0.39 is 0 Å². The van der Waals surface area contributed by atoms with Gasteiger partial charge in [-0.25, -0.2) is 4.98 Å². The van der Waals surface area contributed by atoms with E-state index in [0.29, 0.717) is 21.6 Å². The van der Waals surface area contributed by atoms with Crippen molar-refractivity contribution in [2.45, 2.75) is 0 Å². The molecule has 1 aromatic rings. The lowest BCUT2D eigenvalue weighted by Gasteiger charge is -1.93. The molecule has 0 aliphatic heterocycles. The predicted octanol–water partition coefficient (Wildman–Crippen LogP) is 2.31. The number of aromatic nitrogens is 1. The molecular formula is C6H3BrClNO. The maximum Gasteiger partial charge on any atom is 0.168 e. The zero-order valence-corrected chi connectivity index (χ0v) is 7.19. The van der Waals surface area contributed by atoms with Crippen molar-refractivity contribution in [2.75, 3.05) is 0 Å². The summed E-state index contributed by atoms with van der Waals surface area (Å²) >= 11 is 8.70. The van der Waals surface area contributed by atoms with Crippen LogP contribution >= 0.6 is 27.5 Å². The second-order valence-corrected chi connectivity index (χ2v) is 2.78. The minimum Gasteiger partial charge on any atom is -0.296 e. The lowest BCUT2D eigenvalue weighted by Crippen LogP contribution is -1.85. The van der Waals surface area contributed by atoms with Crippen LogP contribution in [0.3, 0.4) is 0 Å². The summed E-state index contributed by atoms with van der Waals surface area (Å²) in [5.41, 5.74) is 0.372. The maximum atomic E-state index is 10.1. The van der Waals surface area contributed by atoms with Gasteiger partial charge in [0.2, 0.25) is 0 Å². The van der Waals surface area contributed by atoms with Gasteiger partial charge in [0.25, 0.3) is 0 Å². The monoisotopic (exact) mass is 219 g/mol. The topological polar surface area (TPSA) is 30.0 Å². The molecule has 4 heteroatoms. The molecule has 0 saturated carbocycles. The highest BCUT2D eigenvalue weighted by Gasteiger charge is 1.97. The van der Waals surface area contributed by atoms with Crippen molar-refractivity contribution in [2.24, 2.45) is 0 Å². The first-order chi connectivity index (χ1) is 4.74. The van der Waals surface area contributed by atoms with E-state index in [2.05, 4.69) is 20.9 Å². The van der Waals surface area contributed by atoms with Gasteiger partial charge in [-0.3, -0.25) is 4.79 Å². The van der Waals surface area contributed by atoms with Gasteiger partial charge in [0.15, 0.2) is 6.29 Å². The summed E-state index contributed by atoms with van der Waals surface area (Å²) in [5, 5.41) is 0.505. The van der Waals surface area contributed by atoms with E-state index in [-0.39, 0.29) is 0 Å². The Morgan fingerprint density at radius 3 is 2.80 bits per heavy atom. The van der Waals surface area contributed by atoms with Gasteiger partial charge < -0.3 is 0 Å². The first kappa shape index (κ1) is 7.69. The number of carbonyl (C=O) groups is 1. The van der Waals surface area contributed by atoms with Crippen molar-refractivity contribution in [1.29, 1.82) is 0 Å². The van der Waals surface area contributed by atoms with Gasteiger partial charge >= 0.3 is 0 Å². The normalized spacial score (nSPS) is 9.40. The van der Waals surface area contributed by atoms with Gasteiger partial charge in [-0.2, -0.15) is 0 Å². The summed E-state index contributed by atoms with van der Waals surface area (Å²) in [4.78, 5) is 14.0. The van der Waals surface area contributed by atoms with Crippen LogP contribution in [0.15, 0.2) is 16.7 Å². The number of hydrogen-bond acceptors (Lipinski definition) is 2. The number of pyridine rings is 1. The van der Waals surface area contributed by atoms with Crippen molar-refractivity contribution in [3.63, 3.8) is 0 Å². The van der Waals surface area contributed by atoms with Gasteiger partial charge in [-0.15, -0.1) is 0 Å². The van der Waals surface area contributed by atoms with Crippen LogP contribution in [-0.4, -0.2) is 11.3 Å². The Bertz CT molecular complexity index is 264. The standard InChI is InChI=1S/C6H3BrClNO/c7-6-5(8)2-1-4(3-10)9-6/h1-3H. The number of nitrogens with zero attached hydrogens (tertiary/aromatic N) is 1. The smallest absolute Gasteiger partial charge is 0.168 e. The van der Waals surface area contributed by atoms with Crippen molar-refractivity contribution in [3.05, 3.63) is 27.5 Å². The minimum atomic E-state index is 0.372. The molecule has 0 fully saturated rings. The molecule has 0 aromatic carbocycles. The van der Waals surface area contributed by atoms with Gasteiger partial charge in [-0.1, -0.05) is 11.6 Å². The van der Waals surface area contributed by atoms with Crippen LogP contribution in [0, 0.1) is 0 Å². The maximum absolute atomic E-state index is 10.1. The molecule has 0 amide bonds. The Labute approximate surface area is 71.3 Å². The Hall–Kier alpha value is -0.410. The van der Waals surface area contributed by atoms with E-state index in [1.165, 1.54) is 0 Å². The van der Waals surface area contributed by atoms with Crippen molar-refractivity contribution in [1.82, 2.24) is 4.98 Å². The highest BCUT2D eigenvalue weighted by molar-refractivity contribution is 9.10. The molecule has 0 spiro atoms. The van der Waals surface area contributed by atoms with Crippen LogP contribution in [0.1, 0.15) is 10.5 Å². The molecule has 0 N–H and O–H groups in total. The summed E-state index contributed by atoms with van der Waals surface area (Å²) in [7, 11) is 0. The third kappa shape index (κ3) is 1.55. The first-order valence-electron chi connectivity index (χ1n) is 2.51. The average molecular weight is 220 g/mol. The second-order valence-electron chi connectivity index (χ2n) is 1.63. The van der Waals surface area contributed by atoms with Gasteiger partial charge in [0.05, 0.1) is 5.02 Å². The van der Waals surface area contributed by atoms with Crippen molar-refractivity contribution < 1.29 is 4.79 Å². The molecule has 0 unspecified atom stereocenters. The molecule has 0 aliphatic carbocycles. The fraction of sp³-hybridized carbons (Fsp3) is 0. The molecular weight excluding hydrogens is 217 g/mol. The number of rotatable bonds is 1. The molecule has 1 heterocycles. The SMILES string of the molecule is O=Cc1ccc(Cl)c(Br)n1. The summed E-state index contributed by atoms with van der Waals surface area (Å²) in [6, 6.07) is 3.17. The number of halogens is 2. The highest BCUT2D eigenvalue weighted by atomic mass is 79.9. The van der Waals surface area contributed by atoms with Crippen molar-refractivity contribution in [3.8, 4) is 0 Å². The number of hydrogen-bond donors (Lipinski definition) is 0. The highest BCUT2D eigenvalue weighted by Crippen LogP contribution is 2.18. The summed E-state index contributed by atoms with van der Waals surface area (Å²) < 4.78 is 0.499. The lowest BCUT2D eigenvalue weighted by atomic mass is 10.4. The van der Waals surface area contributed by atoms with E-state index in [4.69, 9.17) is 11.6 Å². The van der Waals surface area contributed by atoms with E-state index in [9.17, 15) is 4.79 Å². The Balaban J connectivity index is 3.16. The molecule has 10 heavy (non-hydrogen) atoms. The zero-order chi connectivity index (χ0) is 7.56. The molecule has 2 nitrogen and oxygen atoms in total. The first-order valence-corrected chi connectivity index (χ1v) is 3.68. The lowest BCUT2D eigenvalue weighted by molar-refractivity contribution is 0.111. The Kier molecular flexibility index (Phi) is 2.40. The van der Waals surface area contributed by atoms with Crippen LogP contribution in [0.5, 0.6) is 0 Å². The molecule has 52 valence electrons. The molecule has 0 radical (unpaired) electrons. The summed E-state index contributed by atoms with van der Waals surface area (Å²) in [6.45, 7) is 0. The quantitative estimate of drug-likeness (QED) is 0.537. The molecule has 0 aliphatic rings. The Morgan fingerprint density at radius 2 is 2.30 bits per heavy atom. The largest absolute Gasteiger partial charge is 0.296 e. The third-order valence-electron chi connectivity index (χ3n) is 0.946. The van der Waals surface area contributed by atoms with Crippen molar-refractivity contribution >= 4 is 33.8 Å². The average Bonchev–Trinajstić information content (AvgIpc) is 1.95. The fourth-order valence-electron chi connectivity index (χ4n) is 0.497. The second kappa shape index (κ2) is 3.12. The van der Waals surface area contributed by atoms with E-state index in [1.54, 1.807) is 12.1 Å². The molecule has 1 rings (SSSR count). The molecule has 1 aromatic heterocycles. The zero-order valence-electron chi connectivity index (χ0n) is 4.84. The predicted molar refractivity (Wildman–Crippen MR) is 42.3 cm³/mol. The van der Waals surface area contributed by atoms with Crippen LogP contribution in [0.2, 0.25) is 5.02 Å². The van der Waals surface area contributed by atoms with Crippen LogP contribution in [0.4, 0.5) is 0 Å². The van der Waals surface area contributed by atoms with Gasteiger partial charge in [0, 0.05) is 0 Å². The molecule has 0 bridgehead atoms. The number of carbonyl (C=O) groups excluding carboxylic acids is 1.